The third-order valence-electron chi connectivity index (χ3n) is 4.68. The second-order valence-electron chi connectivity index (χ2n) is 6.62. The van der Waals surface area contributed by atoms with Gasteiger partial charge in [-0.25, -0.2) is 4.79 Å². The molecule has 27 heavy (non-hydrogen) atoms. The Kier molecular flexibility index (Phi) is 5.88. The number of rotatable bonds is 6. The van der Waals surface area contributed by atoms with Gasteiger partial charge in [-0.1, -0.05) is 18.2 Å². The fraction of sp³-hybridized carbons (Fsp3) is 0.421. The number of carbonyl (C=O) groups excluding carboxylic acids is 3. The summed E-state index contributed by atoms with van der Waals surface area (Å²) in [5.41, 5.74) is 2.71. The van der Waals surface area contributed by atoms with Crippen LogP contribution in [-0.4, -0.2) is 61.3 Å². The molecule has 3 rings (SSSR count). The molecule has 144 valence electrons. The molecule has 0 saturated carbocycles. The van der Waals surface area contributed by atoms with Crippen LogP contribution in [0.2, 0.25) is 0 Å². The SMILES string of the molecule is CC(=O)NC[C@H]1CN(c2ccc(C3=CCNC(C(=O)CO)C3)cc2)C(=O)O1. The summed E-state index contributed by atoms with van der Waals surface area (Å²) in [5, 5.41) is 14.8. The number of ether oxygens (including phenoxy) is 1. The van der Waals surface area contributed by atoms with Crippen molar-refractivity contribution in [3.05, 3.63) is 35.9 Å². The van der Waals surface area contributed by atoms with Crippen LogP contribution in [0.4, 0.5) is 10.5 Å². The van der Waals surface area contributed by atoms with Crippen molar-refractivity contribution in [1.29, 1.82) is 0 Å². The van der Waals surface area contributed by atoms with Gasteiger partial charge in [-0.2, -0.15) is 0 Å². The van der Waals surface area contributed by atoms with Crippen molar-refractivity contribution >= 4 is 29.0 Å². The quantitative estimate of drug-likeness (QED) is 0.668. The zero-order valence-corrected chi connectivity index (χ0v) is 15.1. The predicted molar refractivity (Wildman–Crippen MR) is 99.2 cm³/mol. The topological polar surface area (TPSA) is 108 Å². The van der Waals surface area contributed by atoms with Crippen molar-refractivity contribution in [3.8, 4) is 0 Å². The van der Waals surface area contributed by atoms with Crippen molar-refractivity contribution in [2.75, 3.05) is 31.1 Å². The van der Waals surface area contributed by atoms with Gasteiger partial charge in [-0.3, -0.25) is 14.5 Å². The van der Waals surface area contributed by atoms with Crippen LogP contribution in [-0.2, 0) is 14.3 Å². The van der Waals surface area contributed by atoms with E-state index in [1.807, 2.05) is 30.3 Å². The largest absolute Gasteiger partial charge is 0.442 e. The fourth-order valence-corrected chi connectivity index (χ4v) is 3.23. The summed E-state index contributed by atoms with van der Waals surface area (Å²) >= 11 is 0. The number of aliphatic hydroxyl groups is 1. The molecule has 0 bridgehead atoms. The Morgan fingerprint density at radius 2 is 2.07 bits per heavy atom. The lowest BCUT2D eigenvalue weighted by molar-refractivity contribution is -0.123. The lowest BCUT2D eigenvalue weighted by atomic mass is 9.93. The third-order valence-corrected chi connectivity index (χ3v) is 4.68. The molecule has 0 aliphatic carbocycles. The van der Waals surface area contributed by atoms with E-state index in [0.29, 0.717) is 25.2 Å². The second kappa shape index (κ2) is 8.32. The Balaban J connectivity index is 1.65. The van der Waals surface area contributed by atoms with E-state index in [1.165, 1.54) is 11.8 Å². The van der Waals surface area contributed by atoms with Crippen molar-refractivity contribution < 1.29 is 24.2 Å². The minimum Gasteiger partial charge on any atom is -0.442 e. The van der Waals surface area contributed by atoms with Crippen LogP contribution >= 0.6 is 0 Å². The number of cyclic esters (lactones) is 1. The molecule has 1 aromatic carbocycles. The highest BCUT2D eigenvalue weighted by Crippen LogP contribution is 2.27. The molecule has 2 heterocycles. The second-order valence-corrected chi connectivity index (χ2v) is 6.62. The molecule has 1 fully saturated rings. The number of carbonyl (C=O) groups is 3. The molecule has 8 nitrogen and oxygen atoms in total. The lowest BCUT2D eigenvalue weighted by Gasteiger charge is -2.23. The molecule has 1 aromatic rings. The minimum atomic E-state index is -0.472. The molecule has 1 unspecified atom stereocenters. The van der Waals surface area contributed by atoms with E-state index >= 15 is 0 Å². The Labute approximate surface area is 157 Å². The minimum absolute atomic E-state index is 0.165. The van der Waals surface area contributed by atoms with Gasteiger partial charge in [-0.05, 0) is 29.7 Å². The number of amides is 2. The molecule has 2 aliphatic rings. The molecule has 1 saturated heterocycles. The zero-order valence-electron chi connectivity index (χ0n) is 15.1. The van der Waals surface area contributed by atoms with Gasteiger partial charge in [0.2, 0.25) is 5.91 Å². The van der Waals surface area contributed by atoms with Gasteiger partial charge in [0.15, 0.2) is 5.78 Å². The monoisotopic (exact) mass is 373 g/mol. The van der Waals surface area contributed by atoms with Crippen LogP contribution in [0, 0.1) is 0 Å². The highest BCUT2D eigenvalue weighted by molar-refractivity contribution is 5.90. The van der Waals surface area contributed by atoms with Crippen molar-refractivity contribution in [2.24, 2.45) is 0 Å². The zero-order chi connectivity index (χ0) is 19.4. The van der Waals surface area contributed by atoms with Crippen LogP contribution < -0.4 is 15.5 Å². The van der Waals surface area contributed by atoms with Crippen LogP contribution in [0.1, 0.15) is 18.9 Å². The Hall–Kier alpha value is -2.71. The van der Waals surface area contributed by atoms with Gasteiger partial charge in [0.25, 0.3) is 0 Å². The molecular formula is C19H23N3O5. The smallest absolute Gasteiger partial charge is 0.414 e. The van der Waals surface area contributed by atoms with Crippen LogP contribution in [0.5, 0.6) is 0 Å². The lowest BCUT2D eigenvalue weighted by Crippen LogP contribution is -2.41. The van der Waals surface area contributed by atoms with E-state index in [2.05, 4.69) is 10.6 Å². The van der Waals surface area contributed by atoms with Gasteiger partial charge in [0.1, 0.15) is 12.7 Å². The number of Topliss-reactive ketones (excluding diaryl/α,β-unsaturated/α-hetero) is 1. The van der Waals surface area contributed by atoms with E-state index in [4.69, 9.17) is 9.84 Å². The molecule has 2 aliphatic heterocycles. The Bertz CT molecular complexity index is 759. The fourth-order valence-electron chi connectivity index (χ4n) is 3.23. The van der Waals surface area contributed by atoms with Crippen molar-refractivity contribution in [2.45, 2.75) is 25.5 Å². The maximum Gasteiger partial charge on any atom is 0.414 e. The standard InChI is InChI=1S/C19H23N3O5/c1-12(24)21-9-16-10-22(19(26)27-16)15-4-2-13(3-5-15)14-6-7-20-17(8-14)18(25)11-23/h2-6,16-17,20,23H,7-11H2,1H3,(H,21,24)/t16-,17?/m0/s1. The molecule has 2 atom stereocenters. The number of aliphatic hydroxyl groups excluding tert-OH is 1. The maximum atomic E-state index is 12.1. The normalized spacial score (nSPS) is 22.2. The van der Waals surface area contributed by atoms with Gasteiger partial charge in [-0.15, -0.1) is 0 Å². The number of anilines is 1. The van der Waals surface area contributed by atoms with E-state index in [9.17, 15) is 14.4 Å². The first-order valence-corrected chi connectivity index (χ1v) is 8.87. The number of hydrogen-bond donors (Lipinski definition) is 3. The number of nitrogens with one attached hydrogen (secondary N) is 2. The van der Waals surface area contributed by atoms with Gasteiger partial charge < -0.3 is 20.5 Å². The van der Waals surface area contributed by atoms with Gasteiger partial charge >= 0.3 is 6.09 Å². The van der Waals surface area contributed by atoms with Crippen molar-refractivity contribution in [3.63, 3.8) is 0 Å². The van der Waals surface area contributed by atoms with E-state index in [1.54, 1.807) is 0 Å². The first-order chi connectivity index (χ1) is 13.0. The van der Waals surface area contributed by atoms with Crippen molar-refractivity contribution in [1.82, 2.24) is 10.6 Å². The number of ketones is 1. The van der Waals surface area contributed by atoms with E-state index < -0.39 is 12.7 Å². The molecule has 0 spiro atoms. The maximum absolute atomic E-state index is 12.1. The summed E-state index contributed by atoms with van der Waals surface area (Å²) in [5.74, 6) is -0.385. The average molecular weight is 373 g/mol. The van der Waals surface area contributed by atoms with E-state index in [0.717, 1.165) is 11.1 Å². The summed E-state index contributed by atoms with van der Waals surface area (Å²) in [6.45, 7) is 2.17. The van der Waals surface area contributed by atoms with Crippen LogP contribution in [0.15, 0.2) is 30.3 Å². The molecule has 3 N–H and O–H groups in total. The first-order valence-electron chi connectivity index (χ1n) is 8.87. The first kappa shape index (κ1) is 19.1. The number of hydrogen-bond acceptors (Lipinski definition) is 6. The summed E-state index contributed by atoms with van der Waals surface area (Å²) in [6.07, 6.45) is 1.72. The number of nitrogens with zero attached hydrogens (tertiary/aromatic N) is 1. The summed E-state index contributed by atoms with van der Waals surface area (Å²) in [7, 11) is 0. The summed E-state index contributed by atoms with van der Waals surface area (Å²) in [6, 6.07) is 7.10. The molecule has 8 heteroatoms. The highest BCUT2D eigenvalue weighted by atomic mass is 16.6. The number of benzene rings is 1. The Morgan fingerprint density at radius 3 is 2.74 bits per heavy atom. The highest BCUT2D eigenvalue weighted by Gasteiger charge is 2.32. The molecule has 2 amide bonds. The van der Waals surface area contributed by atoms with Crippen LogP contribution in [0.3, 0.4) is 0 Å². The summed E-state index contributed by atoms with van der Waals surface area (Å²) in [4.78, 5) is 36.3. The third kappa shape index (κ3) is 4.53. The van der Waals surface area contributed by atoms with E-state index in [-0.39, 0.29) is 30.4 Å². The van der Waals surface area contributed by atoms with Gasteiger partial charge in [0.05, 0.1) is 19.1 Å². The Morgan fingerprint density at radius 1 is 1.33 bits per heavy atom. The molecule has 0 aromatic heterocycles. The van der Waals surface area contributed by atoms with Gasteiger partial charge in [0, 0.05) is 19.2 Å². The van der Waals surface area contributed by atoms with Crippen LogP contribution in [0.25, 0.3) is 5.57 Å². The summed E-state index contributed by atoms with van der Waals surface area (Å²) < 4.78 is 5.27. The average Bonchev–Trinajstić information content (AvgIpc) is 3.06. The molecule has 0 radical (unpaired) electrons. The molecular weight excluding hydrogens is 350 g/mol. The predicted octanol–water partition coefficient (Wildman–Crippen LogP) is 0.455.